The van der Waals surface area contributed by atoms with E-state index >= 15 is 0 Å². The second-order valence-electron chi connectivity index (χ2n) is 5.86. The van der Waals surface area contributed by atoms with E-state index in [1.54, 1.807) is 34.6 Å². The zero-order valence-electron chi connectivity index (χ0n) is 13.5. The Labute approximate surface area is 124 Å². The molecule has 1 atom stereocenters. The summed E-state index contributed by atoms with van der Waals surface area (Å²) in [6.45, 7) is 10.6. The van der Waals surface area contributed by atoms with E-state index in [1.807, 2.05) is 6.92 Å². The number of nitro groups is 1. The van der Waals surface area contributed by atoms with Crippen molar-refractivity contribution in [2.45, 2.75) is 66.0 Å². The Morgan fingerprint density at radius 1 is 1.38 bits per heavy atom. The molecule has 0 spiro atoms. The first-order chi connectivity index (χ1) is 9.62. The van der Waals surface area contributed by atoms with Gasteiger partial charge in [0.2, 0.25) is 0 Å². The summed E-state index contributed by atoms with van der Waals surface area (Å²) in [4.78, 5) is 23.0. The van der Waals surface area contributed by atoms with Crippen LogP contribution in [-0.4, -0.2) is 26.3 Å². The Morgan fingerprint density at radius 2 is 1.95 bits per heavy atom. The molecule has 0 saturated carbocycles. The lowest BCUT2D eigenvalue weighted by Crippen LogP contribution is -2.30. The summed E-state index contributed by atoms with van der Waals surface area (Å²) < 4.78 is 6.75. The number of carbonyl (C=O) groups is 1. The number of aryl methyl sites for hydroxylation is 1. The Kier molecular flexibility index (Phi) is 5.09. The number of rotatable bonds is 5. The molecule has 0 radical (unpaired) electrons. The summed E-state index contributed by atoms with van der Waals surface area (Å²) in [5, 5.41) is 15.5. The van der Waals surface area contributed by atoms with E-state index in [4.69, 9.17) is 4.74 Å². The number of nitrogens with zero attached hydrogens (tertiary/aromatic N) is 3. The number of ether oxygens (including phenoxy) is 1. The molecule has 1 rings (SSSR count). The maximum atomic E-state index is 12.2. The first-order valence-corrected chi connectivity index (χ1v) is 7.09. The highest BCUT2D eigenvalue weighted by molar-refractivity contribution is 5.74. The Morgan fingerprint density at radius 3 is 2.33 bits per heavy atom. The monoisotopic (exact) mass is 297 g/mol. The van der Waals surface area contributed by atoms with Gasteiger partial charge < -0.3 is 4.74 Å². The highest BCUT2D eigenvalue weighted by atomic mass is 16.6. The van der Waals surface area contributed by atoms with Crippen molar-refractivity contribution in [1.82, 2.24) is 9.78 Å². The lowest BCUT2D eigenvalue weighted by atomic mass is 10.2. The third-order valence-corrected chi connectivity index (χ3v) is 3.02. The average Bonchev–Trinajstić information content (AvgIpc) is 2.74. The van der Waals surface area contributed by atoms with E-state index < -0.39 is 22.5 Å². The minimum Gasteiger partial charge on any atom is -0.458 e. The quantitative estimate of drug-likeness (QED) is 0.474. The molecule has 1 aromatic heterocycles. The average molecular weight is 297 g/mol. The fourth-order valence-corrected chi connectivity index (χ4v) is 2.10. The molecule has 1 aromatic rings. The second kappa shape index (κ2) is 6.24. The lowest BCUT2D eigenvalue weighted by molar-refractivity contribution is -0.386. The minimum absolute atomic E-state index is 0.00964. The van der Waals surface area contributed by atoms with Gasteiger partial charge in [0, 0.05) is 0 Å². The van der Waals surface area contributed by atoms with Crippen molar-refractivity contribution in [3.63, 3.8) is 0 Å². The molecular weight excluding hydrogens is 274 g/mol. The molecule has 1 heterocycles. The molecule has 7 nitrogen and oxygen atoms in total. The molecule has 0 fully saturated rings. The van der Waals surface area contributed by atoms with Gasteiger partial charge in [0.05, 0.1) is 4.92 Å². The third-order valence-electron chi connectivity index (χ3n) is 3.02. The first-order valence-electron chi connectivity index (χ1n) is 7.09. The van der Waals surface area contributed by atoms with Crippen molar-refractivity contribution < 1.29 is 14.5 Å². The molecule has 0 saturated heterocycles. The van der Waals surface area contributed by atoms with Crippen molar-refractivity contribution >= 4 is 11.7 Å². The van der Waals surface area contributed by atoms with Crippen molar-refractivity contribution in [1.29, 1.82) is 0 Å². The molecule has 0 aliphatic rings. The number of aromatic nitrogens is 2. The fraction of sp³-hybridized carbons (Fsp3) is 0.714. The van der Waals surface area contributed by atoms with E-state index in [9.17, 15) is 14.9 Å². The Bertz CT molecular complexity index is 543. The van der Waals surface area contributed by atoms with Gasteiger partial charge in [0.1, 0.15) is 23.0 Å². The summed E-state index contributed by atoms with van der Waals surface area (Å²) in [6.07, 6.45) is 0.869. The fourth-order valence-electron chi connectivity index (χ4n) is 2.10. The van der Waals surface area contributed by atoms with Gasteiger partial charge >= 0.3 is 11.7 Å². The van der Waals surface area contributed by atoms with E-state index in [1.165, 1.54) is 4.68 Å². The smallest absolute Gasteiger partial charge is 0.331 e. The maximum Gasteiger partial charge on any atom is 0.331 e. The largest absolute Gasteiger partial charge is 0.458 e. The van der Waals surface area contributed by atoms with Crippen molar-refractivity contribution in [2.24, 2.45) is 0 Å². The first kappa shape index (κ1) is 17.1. The summed E-state index contributed by atoms with van der Waals surface area (Å²) >= 11 is 0. The zero-order valence-corrected chi connectivity index (χ0v) is 13.5. The van der Waals surface area contributed by atoms with Crippen LogP contribution in [-0.2, 0) is 22.4 Å². The van der Waals surface area contributed by atoms with Crippen LogP contribution in [0.3, 0.4) is 0 Å². The zero-order chi connectivity index (χ0) is 16.4. The molecule has 0 aliphatic heterocycles. The molecule has 0 aliphatic carbocycles. The molecule has 0 aromatic carbocycles. The van der Waals surface area contributed by atoms with E-state index in [2.05, 4.69) is 5.10 Å². The predicted octanol–water partition coefficient (Wildman–Crippen LogP) is 2.82. The molecule has 7 heteroatoms. The molecule has 0 N–H and O–H groups in total. The van der Waals surface area contributed by atoms with Crippen LogP contribution in [0.2, 0.25) is 0 Å². The molecule has 118 valence electrons. The Hall–Kier alpha value is -1.92. The van der Waals surface area contributed by atoms with Gasteiger partial charge in [-0.15, -0.1) is 0 Å². The van der Waals surface area contributed by atoms with Crippen molar-refractivity contribution in [3.8, 4) is 0 Å². The van der Waals surface area contributed by atoms with Gasteiger partial charge in [-0.2, -0.15) is 5.10 Å². The maximum absolute atomic E-state index is 12.2. The van der Waals surface area contributed by atoms with Crippen molar-refractivity contribution in [3.05, 3.63) is 21.5 Å². The summed E-state index contributed by atoms with van der Waals surface area (Å²) in [5.41, 5.74) is 0.252. The van der Waals surface area contributed by atoms with Crippen LogP contribution in [0.4, 0.5) is 5.69 Å². The van der Waals surface area contributed by atoms with Crippen LogP contribution in [0.25, 0.3) is 0 Å². The summed E-state index contributed by atoms with van der Waals surface area (Å²) in [7, 11) is 0. The van der Waals surface area contributed by atoms with Gasteiger partial charge in [0.25, 0.3) is 0 Å². The Balaban J connectivity index is 3.24. The highest BCUT2D eigenvalue weighted by Gasteiger charge is 2.31. The van der Waals surface area contributed by atoms with Crippen LogP contribution >= 0.6 is 0 Å². The lowest BCUT2D eigenvalue weighted by Gasteiger charge is -2.22. The summed E-state index contributed by atoms with van der Waals surface area (Å²) in [6, 6.07) is -0.696. The number of hydrogen-bond donors (Lipinski definition) is 0. The highest BCUT2D eigenvalue weighted by Crippen LogP contribution is 2.28. The van der Waals surface area contributed by atoms with Gasteiger partial charge in [0.15, 0.2) is 0 Å². The van der Waals surface area contributed by atoms with Crippen LogP contribution in [0.1, 0.15) is 59.0 Å². The third kappa shape index (κ3) is 3.80. The number of carbonyl (C=O) groups excluding carboxylic acids is 1. The predicted molar refractivity (Wildman–Crippen MR) is 78.2 cm³/mol. The van der Waals surface area contributed by atoms with Crippen LogP contribution in [0, 0.1) is 10.1 Å². The topological polar surface area (TPSA) is 87.3 Å². The van der Waals surface area contributed by atoms with Gasteiger partial charge in [-0.05, 0) is 40.5 Å². The number of hydrogen-bond acceptors (Lipinski definition) is 5. The van der Waals surface area contributed by atoms with Gasteiger partial charge in [-0.3, -0.25) is 10.1 Å². The molecule has 1 unspecified atom stereocenters. The van der Waals surface area contributed by atoms with Crippen LogP contribution in [0.5, 0.6) is 0 Å². The molecule has 0 bridgehead atoms. The van der Waals surface area contributed by atoms with Gasteiger partial charge in [-0.25, -0.2) is 9.48 Å². The summed E-state index contributed by atoms with van der Waals surface area (Å²) in [5.74, 6) is -0.447. The normalized spacial score (nSPS) is 13.0. The van der Waals surface area contributed by atoms with Gasteiger partial charge in [-0.1, -0.05) is 13.8 Å². The van der Waals surface area contributed by atoms with E-state index in [0.29, 0.717) is 24.2 Å². The molecule has 0 amide bonds. The SMILES string of the molecule is CCc1nn(C(C)C(=O)OC(C)(C)C)c(CC)c1[N+](=O)[O-]. The standard InChI is InChI=1S/C14H23N3O4/c1-7-10-12(17(19)20)11(8-2)16(15-10)9(3)13(18)21-14(4,5)6/h9H,7-8H2,1-6H3. The van der Waals surface area contributed by atoms with Crippen LogP contribution in [0.15, 0.2) is 0 Å². The van der Waals surface area contributed by atoms with Crippen molar-refractivity contribution in [2.75, 3.05) is 0 Å². The minimum atomic E-state index is -0.696. The number of esters is 1. The van der Waals surface area contributed by atoms with Crippen LogP contribution < -0.4 is 0 Å². The molecule has 21 heavy (non-hydrogen) atoms. The van der Waals surface area contributed by atoms with E-state index in [-0.39, 0.29) is 5.69 Å². The van der Waals surface area contributed by atoms with E-state index in [0.717, 1.165) is 0 Å². The second-order valence-corrected chi connectivity index (χ2v) is 5.86. The molecular formula is C14H23N3O4.